The third-order valence-corrected chi connectivity index (χ3v) is 4.51. The summed E-state index contributed by atoms with van der Waals surface area (Å²) in [4.78, 5) is 13.2. The van der Waals surface area contributed by atoms with Crippen LogP contribution in [0.25, 0.3) is 17.0 Å². The van der Waals surface area contributed by atoms with Crippen LogP contribution in [-0.4, -0.2) is 49.8 Å². The van der Waals surface area contributed by atoms with Crippen molar-refractivity contribution < 1.29 is 9.50 Å². The molecule has 7 nitrogen and oxygen atoms in total. The van der Waals surface area contributed by atoms with Crippen LogP contribution in [0.15, 0.2) is 36.8 Å². The standard InChI is InChI=1S/C18H21FN6O/c1-18(2,26)15-10-25-14(8-22-17(25)9-21-15)12-4-3-5-16(23-12)24-13-7-20-6-11(13)19/h3-5,8-11,13,20,26H,6-7H2,1-2H3,(H,23,24). The van der Waals surface area contributed by atoms with Crippen molar-refractivity contribution in [2.24, 2.45) is 0 Å². The van der Waals surface area contributed by atoms with Gasteiger partial charge in [-0.25, -0.2) is 14.4 Å². The molecule has 1 aliphatic rings. The number of nitrogens with one attached hydrogen (secondary N) is 2. The molecule has 0 aromatic carbocycles. The van der Waals surface area contributed by atoms with E-state index in [1.807, 2.05) is 22.6 Å². The van der Waals surface area contributed by atoms with E-state index in [4.69, 9.17) is 0 Å². The number of anilines is 1. The van der Waals surface area contributed by atoms with Crippen molar-refractivity contribution in [1.82, 2.24) is 24.7 Å². The Bertz CT molecular complexity index is 935. The van der Waals surface area contributed by atoms with Crippen molar-refractivity contribution in [3.63, 3.8) is 0 Å². The minimum absolute atomic E-state index is 0.286. The Balaban J connectivity index is 1.70. The van der Waals surface area contributed by atoms with Crippen molar-refractivity contribution in [3.05, 3.63) is 42.5 Å². The maximum atomic E-state index is 13.8. The Labute approximate surface area is 150 Å². The molecule has 1 fully saturated rings. The second-order valence-corrected chi connectivity index (χ2v) is 7.04. The second-order valence-electron chi connectivity index (χ2n) is 7.04. The largest absolute Gasteiger partial charge is 0.384 e. The number of rotatable bonds is 4. The van der Waals surface area contributed by atoms with Gasteiger partial charge in [0.25, 0.3) is 0 Å². The molecule has 2 atom stereocenters. The first kappa shape index (κ1) is 16.9. The normalized spacial score (nSPS) is 20.6. The fraction of sp³-hybridized carbons (Fsp3) is 0.389. The van der Waals surface area contributed by atoms with Crippen LogP contribution in [0.5, 0.6) is 0 Å². The Hall–Kier alpha value is -2.58. The monoisotopic (exact) mass is 356 g/mol. The molecule has 136 valence electrons. The highest BCUT2D eigenvalue weighted by atomic mass is 19.1. The summed E-state index contributed by atoms with van der Waals surface area (Å²) in [6.07, 6.45) is 4.16. The average Bonchev–Trinajstić information content (AvgIpc) is 3.20. The van der Waals surface area contributed by atoms with E-state index in [2.05, 4.69) is 25.6 Å². The second kappa shape index (κ2) is 6.30. The quantitative estimate of drug-likeness (QED) is 0.660. The van der Waals surface area contributed by atoms with E-state index in [0.29, 0.717) is 35.9 Å². The molecular formula is C18H21FN6O. The van der Waals surface area contributed by atoms with Crippen LogP contribution in [0, 0.1) is 0 Å². The summed E-state index contributed by atoms with van der Waals surface area (Å²) in [5, 5.41) is 16.4. The molecular weight excluding hydrogens is 335 g/mol. The lowest BCUT2D eigenvalue weighted by Gasteiger charge is -2.17. The summed E-state index contributed by atoms with van der Waals surface area (Å²) in [6, 6.07) is 5.28. The first-order chi connectivity index (χ1) is 12.4. The SMILES string of the molecule is CC(C)(O)c1cn2c(-c3cccc(NC4CNCC4F)n3)cnc2cn1. The predicted octanol–water partition coefficient (Wildman–Crippen LogP) is 1.74. The molecule has 4 heterocycles. The number of aromatic nitrogens is 4. The number of alkyl halides is 1. The van der Waals surface area contributed by atoms with E-state index in [-0.39, 0.29) is 6.04 Å². The molecule has 0 bridgehead atoms. The summed E-state index contributed by atoms with van der Waals surface area (Å²) >= 11 is 0. The smallest absolute Gasteiger partial charge is 0.155 e. The Morgan fingerprint density at radius 3 is 2.85 bits per heavy atom. The maximum Gasteiger partial charge on any atom is 0.155 e. The fourth-order valence-corrected chi connectivity index (χ4v) is 3.03. The first-order valence-corrected chi connectivity index (χ1v) is 8.56. The highest BCUT2D eigenvalue weighted by molar-refractivity contribution is 5.61. The highest BCUT2D eigenvalue weighted by Crippen LogP contribution is 2.24. The summed E-state index contributed by atoms with van der Waals surface area (Å²) < 4.78 is 15.7. The molecule has 26 heavy (non-hydrogen) atoms. The number of nitrogens with zero attached hydrogens (tertiary/aromatic N) is 4. The van der Waals surface area contributed by atoms with E-state index < -0.39 is 11.8 Å². The Morgan fingerprint density at radius 1 is 1.27 bits per heavy atom. The number of hydrogen-bond acceptors (Lipinski definition) is 6. The minimum atomic E-state index is -1.06. The third kappa shape index (κ3) is 3.13. The van der Waals surface area contributed by atoms with E-state index in [1.165, 1.54) is 0 Å². The van der Waals surface area contributed by atoms with Crippen LogP contribution in [0.1, 0.15) is 19.5 Å². The molecule has 3 aromatic heterocycles. The lowest BCUT2D eigenvalue weighted by molar-refractivity contribution is 0.0734. The number of halogens is 1. The summed E-state index contributed by atoms with van der Waals surface area (Å²) in [5.74, 6) is 0.616. The van der Waals surface area contributed by atoms with E-state index >= 15 is 0 Å². The van der Waals surface area contributed by atoms with Crippen molar-refractivity contribution in [1.29, 1.82) is 0 Å². The summed E-state index contributed by atoms with van der Waals surface area (Å²) in [7, 11) is 0. The van der Waals surface area contributed by atoms with Gasteiger partial charge in [0.1, 0.15) is 17.6 Å². The van der Waals surface area contributed by atoms with Crippen molar-refractivity contribution in [2.75, 3.05) is 18.4 Å². The van der Waals surface area contributed by atoms with Gasteiger partial charge in [0, 0.05) is 19.3 Å². The lowest BCUT2D eigenvalue weighted by Crippen LogP contribution is -2.29. The fourth-order valence-electron chi connectivity index (χ4n) is 3.03. The van der Waals surface area contributed by atoms with Gasteiger partial charge in [-0.05, 0) is 26.0 Å². The minimum Gasteiger partial charge on any atom is -0.384 e. The lowest BCUT2D eigenvalue weighted by atomic mass is 10.1. The van der Waals surface area contributed by atoms with Crippen LogP contribution in [0.3, 0.4) is 0 Å². The van der Waals surface area contributed by atoms with Gasteiger partial charge >= 0.3 is 0 Å². The van der Waals surface area contributed by atoms with E-state index in [0.717, 1.165) is 5.69 Å². The molecule has 4 rings (SSSR count). The zero-order chi connectivity index (χ0) is 18.3. The molecule has 2 unspecified atom stereocenters. The molecule has 3 N–H and O–H groups in total. The molecule has 0 spiro atoms. The average molecular weight is 356 g/mol. The van der Waals surface area contributed by atoms with Crippen LogP contribution in [-0.2, 0) is 5.60 Å². The van der Waals surface area contributed by atoms with Crippen molar-refractivity contribution in [2.45, 2.75) is 31.7 Å². The zero-order valence-corrected chi connectivity index (χ0v) is 14.6. The van der Waals surface area contributed by atoms with E-state index in [1.54, 1.807) is 32.4 Å². The predicted molar refractivity (Wildman–Crippen MR) is 96.6 cm³/mol. The van der Waals surface area contributed by atoms with Crippen LogP contribution in [0.4, 0.5) is 10.2 Å². The Morgan fingerprint density at radius 2 is 2.12 bits per heavy atom. The topological polar surface area (TPSA) is 87.4 Å². The van der Waals surface area contributed by atoms with Crippen molar-refractivity contribution in [3.8, 4) is 11.4 Å². The van der Waals surface area contributed by atoms with Crippen LogP contribution in [0.2, 0.25) is 0 Å². The Kier molecular flexibility index (Phi) is 4.08. The first-order valence-electron chi connectivity index (χ1n) is 8.56. The van der Waals surface area contributed by atoms with Crippen LogP contribution < -0.4 is 10.6 Å². The summed E-state index contributed by atoms with van der Waals surface area (Å²) in [6.45, 7) is 4.30. The molecule has 0 radical (unpaired) electrons. The molecule has 0 amide bonds. The van der Waals surface area contributed by atoms with Crippen molar-refractivity contribution >= 4 is 11.5 Å². The van der Waals surface area contributed by atoms with Gasteiger partial charge in [-0.3, -0.25) is 9.38 Å². The number of imidazole rings is 1. The number of fused-ring (bicyclic) bond motifs is 1. The molecule has 0 aliphatic carbocycles. The van der Waals surface area contributed by atoms with Gasteiger partial charge in [0.05, 0.1) is 35.5 Å². The van der Waals surface area contributed by atoms with Gasteiger partial charge in [-0.15, -0.1) is 0 Å². The third-order valence-electron chi connectivity index (χ3n) is 4.51. The maximum absolute atomic E-state index is 13.8. The number of hydrogen-bond donors (Lipinski definition) is 3. The van der Waals surface area contributed by atoms with Gasteiger partial charge in [0.15, 0.2) is 5.65 Å². The van der Waals surface area contributed by atoms with Gasteiger partial charge < -0.3 is 15.7 Å². The molecule has 3 aromatic rings. The summed E-state index contributed by atoms with van der Waals surface area (Å²) in [5.41, 5.74) is 1.63. The number of pyridine rings is 1. The molecule has 8 heteroatoms. The van der Waals surface area contributed by atoms with E-state index in [9.17, 15) is 9.50 Å². The van der Waals surface area contributed by atoms with Gasteiger partial charge in [-0.1, -0.05) is 6.07 Å². The molecule has 1 aliphatic heterocycles. The molecule has 1 saturated heterocycles. The van der Waals surface area contributed by atoms with Gasteiger partial charge in [-0.2, -0.15) is 0 Å². The van der Waals surface area contributed by atoms with Crippen LogP contribution >= 0.6 is 0 Å². The number of aliphatic hydroxyl groups is 1. The van der Waals surface area contributed by atoms with Gasteiger partial charge in [0.2, 0.25) is 0 Å². The molecule has 0 saturated carbocycles. The zero-order valence-electron chi connectivity index (χ0n) is 14.6. The highest BCUT2D eigenvalue weighted by Gasteiger charge is 2.26.